The lowest BCUT2D eigenvalue weighted by Crippen LogP contribution is -2.34. The Hall–Kier alpha value is -1.08. The summed E-state index contributed by atoms with van der Waals surface area (Å²) in [6, 6.07) is 1.12. The highest BCUT2D eigenvalue weighted by molar-refractivity contribution is 7.24. The Morgan fingerprint density at radius 1 is 1.67 bits per heavy atom. The lowest BCUT2D eigenvalue weighted by atomic mass is 10.2. The molecule has 18 heavy (non-hydrogen) atoms. The second-order valence-corrected chi connectivity index (χ2v) is 4.29. The van der Waals surface area contributed by atoms with Crippen LogP contribution < -0.4 is 11.2 Å². The van der Waals surface area contributed by atoms with Gasteiger partial charge in [0, 0.05) is 18.7 Å². The van der Waals surface area contributed by atoms with Gasteiger partial charge in [0.05, 0.1) is 12.7 Å². The topological polar surface area (TPSA) is 93.5 Å². The molecule has 1 aromatic rings. The molecule has 1 aliphatic rings. The highest BCUT2D eigenvalue weighted by Gasteiger charge is 2.37. The van der Waals surface area contributed by atoms with Gasteiger partial charge in [-0.15, -0.1) is 0 Å². The highest BCUT2D eigenvalue weighted by atomic mass is 31.1. The average molecular weight is 278 g/mol. The van der Waals surface area contributed by atoms with Crippen LogP contribution >= 0.6 is 9.03 Å². The van der Waals surface area contributed by atoms with E-state index < -0.39 is 38.8 Å². The van der Waals surface area contributed by atoms with Crippen molar-refractivity contribution in [3.05, 3.63) is 33.1 Å². The molecule has 2 rings (SSSR count). The molecule has 100 valence electrons. The zero-order valence-corrected chi connectivity index (χ0v) is 10.2. The van der Waals surface area contributed by atoms with E-state index in [2.05, 4.69) is 0 Å². The van der Waals surface area contributed by atoms with Crippen molar-refractivity contribution in [2.75, 3.05) is 6.61 Å². The number of hydrogen-bond donors (Lipinski definition) is 2. The Labute approximate surface area is 102 Å². The Kier molecular flexibility index (Phi) is 4.23. The zero-order valence-electron chi connectivity index (χ0n) is 9.21. The first-order chi connectivity index (χ1) is 8.61. The van der Waals surface area contributed by atoms with E-state index in [0.717, 1.165) is 10.6 Å². The van der Waals surface area contributed by atoms with Crippen molar-refractivity contribution in [1.29, 1.82) is 0 Å². The van der Waals surface area contributed by atoms with Gasteiger partial charge >= 0.3 is 5.69 Å². The maximum atomic E-state index is 13.7. The molecule has 9 heteroatoms. The van der Waals surface area contributed by atoms with Gasteiger partial charge in [-0.2, -0.15) is 0 Å². The van der Waals surface area contributed by atoms with Gasteiger partial charge in [-0.1, -0.05) is 0 Å². The van der Waals surface area contributed by atoms with Crippen LogP contribution in [-0.2, 0) is 9.26 Å². The van der Waals surface area contributed by atoms with E-state index in [1.54, 1.807) is 0 Å². The molecule has 2 heterocycles. The predicted octanol–water partition coefficient (Wildman–Crippen LogP) is -0.320. The second kappa shape index (κ2) is 5.71. The molecule has 1 fully saturated rings. The number of rotatable bonds is 4. The largest absolute Gasteiger partial charge is 0.352 e. The molecule has 1 aromatic heterocycles. The highest BCUT2D eigenvalue weighted by Crippen LogP contribution is 2.30. The molecule has 0 aliphatic carbocycles. The number of aromatic nitrogens is 2. The summed E-state index contributed by atoms with van der Waals surface area (Å²) in [6.07, 6.45) is -1.71. The first-order valence-corrected chi connectivity index (χ1v) is 6.09. The van der Waals surface area contributed by atoms with Crippen LogP contribution in [0.5, 0.6) is 0 Å². The zero-order chi connectivity index (χ0) is 13.1. The smallest absolute Gasteiger partial charge is 0.330 e. The van der Waals surface area contributed by atoms with Crippen LogP contribution in [0.1, 0.15) is 12.6 Å². The van der Waals surface area contributed by atoms with E-state index in [1.807, 2.05) is 4.98 Å². The van der Waals surface area contributed by atoms with Crippen LogP contribution in [0.4, 0.5) is 4.39 Å². The van der Waals surface area contributed by atoms with Gasteiger partial charge in [0.2, 0.25) is 0 Å². The first-order valence-electron chi connectivity index (χ1n) is 5.23. The molecule has 0 spiro atoms. The van der Waals surface area contributed by atoms with E-state index in [0.29, 0.717) is 0 Å². The Bertz CT molecular complexity index is 518. The standard InChI is InChI=1S/C9H12FN2O5P/c10-6-3-5(4-16-18-15)17-8(6)12-2-1-7(13)11-9(12)14/h1-2,5-6,8,15,18H,3-4H2,(H,11,13,14)/t5-,6+,8+/m0/s1. The van der Waals surface area contributed by atoms with E-state index in [1.165, 1.54) is 6.20 Å². The predicted molar refractivity (Wildman–Crippen MR) is 61.2 cm³/mol. The van der Waals surface area contributed by atoms with Gasteiger partial charge in [-0.3, -0.25) is 14.3 Å². The van der Waals surface area contributed by atoms with Crippen molar-refractivity contribution in [3.8, 4) is 0 Å². The van der Waals surface area contributed by atoms with Crippen molar-refractivity contribution in [1.82, 2.24) is 9.55 Å². The number of aromatic amines is 1. The monoisotopic (exact) mass is 278 g/mol. The summed E-state index contributed by atoms with van der Waals surface area (Å²) in [4.78, 5) is 32.9. The lowest BCUT2D eigenvalue weighted by Gasteiger charge is -2.15. The quantitative estimate of drug-likeness (QED) is 0.736. The van der Waals surface area contributed by atoms with E-state index in [9.17, 15) is 14.0 Å². The summed E-state index contributed by atoms with van der Waals surface area (Å²) in [6.45, 7) is 0.0595. The van der Waals surface area contributed by atoms with E-state index in [-0.39, 0.29) is 13.0 Å². The summed E-state index contributed by atoms with van der Waals surface area (Å²) in [5.41, 5.74) is -1.27. The third-order valence-corrected chi connectivity index (χ3v) is 2.88. The van der Waals surface area contributed by atoms with Crippen molar-refractivity contribution < 1.29 is 18.5 Å². The number of halogens is 1. The molecule has 1 unspecified atom stereocenters. The van der Waals surface area contributed by atoms with Gasteiger partial charge in [0.25, 0.3) is 5.56 Å². The number of H-pyrrole nitrogens is 1. The summed E-state index contributed by atoms with van der Waals surface area (Å²) < 4.78 is 24.8. The van der Waals surface area contributed by atoms with Gasteiger partial charge in [0.15, 0.2) is 15.3 Å². The fourth-order valence-electron chi connectivity index (χ4n) is 1.81. The molecule has 7 nitrogen and oxygen atoms in total. The number of alkyl halides is 1. The number of nitrogens with zero attached hydrogens (tertiary/aromatic N) is 1. The summed E-state index contributed by atoms with van der Waals surface area (Å²) in [5.74, 6) is 0. The van der Waals surface area contributed by atoms with Crippen molar-refractivity contribution in [2.45, 2.75) is 24.9 Å². The molecular weight excluding hydrogens is 266 g/mol. The minimum atomic E-state index is -1.37. The molecule has 1 saturated heterocycles. The molecular formula is C9H12FN2O5P. The molecule has 0 aromatic carbocycles. The first kappa shape index (κ1) is 13.4. The maximum absolute atomic E-state index is 13.7. The van der Waals surface area contributed by atoms with Gasteiger partial charge in [-0.05, 0) is 0 Å². The van der Waals surface area contributed by atoms with E-state index >= 15 is 0 Å². The number of nitrogens with one attached hydrogen (secondary N) is 1. The summed E-state index contributed by atoms with van der Waals surface area (Å²) >= 11 is 0. The van der Waals surface area contributed by atoms with Gasteiger partial charge in [-0.25, -0.2) is 9.18 Å². The SMILES string of the molecule is O=c1ccn([C@@H]2O[C@H](COPO)C[C@H]2F)c(=O)[nH]1. The van der Waals surface area contributed by atoms with E-state index in [4.69, 9.17) is 14.2 Å². The molecule has 0 saturated carbocycles. The molecule has 4 atom stereocenters. The number of ether oxygens (including phenoxy) is 1. The van der Waals surface area contributed by atoms with Crippen LogP contribution in [-0.4, -0.2) is 33.3 Å². The average Bonchev–Trinajstić information content (AvgIpc) is 2.68. The summed E-state index contributed by atoms with van der Waals surface area (Å²) in [7, 11) is -0.687. The minimum absolute atomic E-state index is 0.0595. The maximum Gasteiger partial charge on any atom is 0.330 e. The summed E-state index contributed by atoms with van der Waals surface area (Å²) in [5, 5.41) is 0. The third kappa shape index (κ3) is 2.84. The molecule has 0 radical (unpaired) electrons. The Balaban J connectivity index is 2.14. The lowest BCUT2D eigenvalue weighted by molar-refractivity contribution is -0.0349. The normalized spacial score (nSPS) is 28.2. The minimum Gasteiger partial charge on any atom is -0.352 e. The van der Waals surface area contributed by atoms with Crippen LogP contribution in [0.25, 0.3) is 0 Å². The van der Waals surface area contributed by atoms with Crippen molar-refractivity contribution in [2.24, 2.45) is 0 Å². The molecule has 0 amide bonds. The van der Waals surface area contributed by atoms with Crippen LogP contribution in [0.15, 0.2) is 21.9 Å². The molecule has 0 bridgehead atoms. The van der Waals surface area contributed by atoms with Gasteiger partial charge in [0.1, 0.15) is 6.17 Å². The third-order valence-electron chi connectivity index (χ3n) is 2.59. The Morgan fingerprint density at radius 3 is 3.11 bits per heavy atom. The fourth-order valence-corrected chi connectivity index (χ4v) is 2.07. The Morgan fingerprint density at radius 2 is 2.44 bits per heavy atom. The van der Waals surface area contributed by atoms with Gasteiger partial charge < -0.3 is 14.2 Å². The van der Waals surface area contributed by atoms with Crippen molar-refractivity contribution >= 4 is 9.03 Å². The van der Waals surface area contributed by atoms with Crippen molar-refractivity contribution in [3.63, 3.8) is 0 Å². The number of hydrogen-bond acceptors (Lipinski definition) is 5. The fraction of sp³-hybridized carbons (Fsp3) is 0.556. The van der Waals surface area contributed by atoms with Crippen LogP contribution in [0.3, 0.4) is 0 Å². The second-order valence-electron chi connectivity index (χ2n) is 3.82. The molecule has 2 N–H and O–H groups in total. The molecule has 1 aliphatic heterocycles. The van der Waals surface area contributed by atoms with Crippen LogP contribution in [0, 0.1) is 0 Å². The van der Waals surface area contributed by atoms with Crippen LogP contribution in [0.2, 0.25) is 0 Å².